The number of ether oxygens (including phenoxy) is 1. The molecule has 0 spiro atoms. The molecule has 1 N–H and O–H groups in total. The Morgan fingerprint density at radius 1 is 1.04 bits per heavy atom. The van der Waals surface area contributed by atoms with Crippen LogP contribution in [0.4, 0.5) is 5.69 Å². The normalized spacial score (nSPS) is 10.4. The number of para-hydroxylation sites is 1. The Bertz CT molecular complexity index is 794. The number of aryl methyl sites for hydroxylation is 1. The fraction of sp³-hybridized carbons (Fsp3) is 0.150. The molecular weight excluding hydrogens is 318 g/mol. The second kappa shape index (κ2) is 7.79. The molecule has 0 atom stereocenters. The summed E-state index contributed by atoms with van der Waals surface area (Å²) >= 11 is 1.43. The first-order valence-corrected chi connectivity index (χ1v) is 8.78. The standard InChI is InChI=1S/C20H19NO2S/c1-2-15-8-10-17(11-9-15)21-20(22)19-12-16(14-24-19)13-23-18-6-4-3-5-7-18/h3-12,14H,2,13H2,1H3,(H,21,22). The topological polar surface area (TPSA) is 38.3 Å². The van der Waals surface area contributed by atoms with Crippen molar-refractivity contribution < 1.29 is 9.53 Å². The van der Waals surface area contributed by atoms with Crippen LogP contribution in [0.5, 0.6) is 5.75 Å². The third-order valence-electron chi connectivity index (χ3n) is 3.65. The molecule has 0 radical (unpaired) electrons. The molecule has 0 unspecified atom stereocenters. The van der Waals surface area contributed by atoms with Gasteiger partial charge in [-0.15, -0.1) is 11.3 Å². The highest BCUT2D eigenvalue weighted by Gasteiger charge is 2.10. The molecule has 0 aliphatic carbocycles. The number of amides is 1. The van der Waals surface area contributed by atoms with Gasteiger partial charge in [-0.3, -0.25) is 4.79 Å². The lowest BCUT2D eigenvalue weighted by Gasteiger charge is -2.05. The number of hydrogen-bond donors (Lipinski definition) is 1. The Kier molecular flexibility index (Phi) is 5.29. The second-order valence-corrected chi connectivity index (χ2v) is 6.34. The Morgan fingerprint density at radius 3 is 2.50 bits per heavy atom. The van der Waals surface area contributed by atoms with E-state index in [1.54, 1.807) is 0 Å². The summed E-state index contributed by atoms with van der Waals surface area (Å²) < 4.78 is 5.70. The van der Waals surface area contributed by atoms with Crippen molar-refractivity contribution in [2.24, 2.45) is 0 Å². The van der Waals surface area contributed by atoms with E-state index in [4.69, 9.17) is 4.74 Å². The Labute approximate surface area is 145 Å². The third-order valence-corrected chi connectivity index (χ3v) is 4.62. The van der Waals surface area contributed by atoms with Crippen molar-refractivity contribution in [1.82, 2.24) is 0 Å². The summed E-state index contributed by atoms with van der Waals surface area (Å²) in [6, 6.07) is 19.5. The van der Waals surface area contributed by atoms with Crippen LogP contribution in [0.1, 0.15) is 27.7 Å². The fourth-order valence-corrected chi connectivity index (χ4v) is 3.06. The Morgan fingerprint density at radius 2 is 1.79 bits per heavy atom. The van der Waals surface area contributed by atoms with Crippen LogP contribution in [-0.4, -0.2) is 5.91 Å². The zero-order chi connectivity index (χ0) is 16.8. The first-order chi connectivity index (χ1) is 11.7. The average molecular weight is 337 g/mol. The predicted octanol–water partition coefficient (Wildman–Crippen LogP) is 5.14. The minimum Gasteiger partial charge on any atom is -0.489 e. The minimum absolute atomic E-state index is 0.0878. The maximum atomic E-state index is 12.3. The highest BCUT2D eigenvalue weighted by molar-refractivity contribution is 7.12. The molecule has 24 heavy (non-hydrogen) atoms. The van der Waals surface area contributed by atoms with E-state index in [1.165, 1.54) is 16.9 Å². The van der Waals surface area contributed by atoms with Gasteiger partial charge in [-0.25, -0.2) is 0 Å². The van der Waals surface area contributed by atoms with Crippen molar-refractivity contribution in [2.75, 3.05) is 5.32 Å². The molecule has 4 heteroatoms. The van der Waals surface area contributed by atoms with Crippen LogP contribution in [0.15, 0.2) is 66.0 Å². The van der Waals surface area contributed by atoms with Crippen LogP contribution >= 0.6 is 11.3 Å². The lowest BCUT2D eigenvalue weighted by atomic mass is 10.1. The van der Waals surface area contributed by atoms with Gasteiger partial charge in [-0.2, -0.15) is 0 Å². The molecule has 1 heterocycles. The van der Waals surface area contributed by atoms with Crippen molar-refractivity contribution >= 4 is 22.9 Å². The van der Waals surface area contributed by atoms with E-state index in [1.807, 2.05) is 66.0 Å². The third kappa shape index (κ3) is 4.24. The molecule has 0 saturated heterocycles. The number of anilines is 1. The number of carbonyl (C=O) groups is 1. The highest BCUT2D eigenvalue weighted by Crippen LogP contribution is 2.19. The Balaban J connectivity index is 1.58. The van der Waals surface area contributed by atoms with E-state index >= 15 is 0 Å². The van der Waals surface area contributed by atoms with Gasteiger partial charge in [-0.05, 0) is 47.7 Å². The summed E-state index contributed by atoms with van der Waals surface area (Å²) in [6.07, 6.45) is 0.990. The molecule has 3 aromatic rings. The van der Waals surface area contributed by atoms with Gasteiger partial charge >= 0.3 is 0 Å². The number of rotatable bonds is 6. The zero-order valence-corrected chi connectivity index (χ0v) is 14.3. The molecule has 0 bridgehead atoms. The summed E-state index contributed by atoms with van der Waals surface area (Å²) in [4.78, 5) is 13.0. The van der Waals surface area contributed by atoms with Gasteiger partial charge in [0.25, 0.3) is 5.91 Å². The molecule has 122 valence electrons. The van der Waals surface area contributed by atoms with Gasteiger partial charge in [0.2, 0.25) is 0 Å². The lowest BCUT2D eigenvalue weighted by molar-refractivity contribution is 0.103. The van der Waals surface area contributed by atoms with Gasteiger partial charge < -0.3 is 10.1 Å². The smallest absolute Gasteiger partial charge is 0.265 e. The van der Waals surface area contributed by atoms with Crippen LogP contribution in [0.3, 0.4) is 0 Å². The average Bonchev–Trinajstić information content (AvgIpc) is 3.11. The molecule has 0 saturated carbocycles. The maximum absolute atomic E-state index is 12.3. The number of hydrogen-bond acceptors (Lipinski definition) is 3. The summed E-state index contributed by atoms with van der Waals surface area (Å²) in [5, 5.41) is 4.88. The van der Waals surface area contributed by atoms with E-state index in [0.717, 1.165) is 23.4 Å². The maximum Gasteiger partial charge on any atom is 0.265 e. The van der Waals surface area contributed by atoms with Crippen molar-refractivity contribution in [3.05, 3.63) is 82.0 Å². The number of thiophene rings is 1. The van der Waals surface area contributed by atoms with Crippen LogP contribution in [0.2, 0.25) is 0 Å². The van der Waals surface area contributed by atoms with Gasteiger partial charge in [0.15, 0.2) is 0 Å². The Hall–Kier alpha value is -2.59. The van der Waals surface area contributed by atoms with Crippen LogP contribution in [0.25, 0.3) is 0 Å². The largest absolute Gasteiger partial charge is 0.489 e. The molecule has 1 amide bonds. The number of carbonyl (C=O) groups excluding carboxylic acids is 1. The molecule has 3 rings (SSSR count). The van der Waals surface area contributed by atoms with Crippen LogP contribution in [-0.2, 0) is 13.0 Å². The van der Waals surface area contributed by atoms with Crippen molar-refractivity contribution in [3.8, 4) is 5.75 Å². The highest BCUT2D eigenvalue weighted by atomic mass is 32.1. The zero-order valence-electron chi connectivity index (χ0n) is 13.5. The summed E-state index contributed by atoms with van der Waals surface area (Å²) in [7, 11) is 0. The predicted molar refractivity (Wildman–Crippen MR) is 98.9 cm³/mol. The summed E-state index contributed by atoms with van der Waals surface area (Å²) in [5.74, 6) is 0.737. The van der Waals surface area contributed by atoms with E-state index in [2.05, 4.69) is 12.2 Å². The molecule has 0 aliphatic heterocycles. The quantitative estimate of drug-likeness (QED) is 0.676. The van der Waals surface area contributed by atoms with Crippen molar-refractivity contribution in [2.45, 2.75) is 20.0 Å². The van der Waals surface area contributed by atoms with Crippen LogP contribution < -0.4 is 10.1 Å². The fourth-order valence-electron chi connectivity index (χ4n) is 2.27. The number of nitrogens with one attached hydrogen (secondary N) is 1. The molecule has 1 aromatic heterocycles. The van der Waals surface area contributed by atoms with Gasteiger partial charge in [0.1, 0.15) is 12.4 Å². The lowest BCUT2D eigenvalue weighted by Crippen LogP contribution is -2.10. The SMILES string of the molecule is CCc1ccc(NC(=O)c2cc(COc3ccccc3)cs2)cc1. The first-order valence-electron chi connectivity index (χ1n) is 7.90. The minimum atomic E-state index is -0.0878. The van der Waals surface area contributed by atoms with Crippen LogP contribution in [0, 0.1) is 0 Å². The van der Waals surface area contributed by atoms with Gasteiger partial charge in [-0.1, -0.05) is 37.3 Å². The van der Waals surface area contributed by atoms with Gasteiger partial charge in [0.05, 0.1) is 4.88 Å². The molecule has 0 aliphatic rings. The monoisotopic (exact) mass is 337 g/mol. The van der Waals surface area contributed by atoms with E-state index in [-0.39, 0.29) is 5.91 Å². The molecule has 3 nitrogen and oxygen atoms in total. The van der Waals surface area contributed by atoms with Crippen molar-refractivity contribution in [3.63, 3.8) is 0 Å². The van der Waals surface area contributed by atoms with Gasteiger partial charge in [0, 0.05) is 11.3 Å². The summed E-state index contributed by atoms with van der Waals surface area (Å²) in [6.45, 7) is 2.57. The molecular formula is C20H19NO2S. The van der Waals surface area contributed by atoms with Crippen molar-refractivity contribution in [1.29, 1.82) is 0 Å². The molecule has 2 aromatic carbocycles. The molecule has 0 fully saturated rings. The van der Waals surface area contributed by atoms with E-state index in [0.29, 0.717) is 11.5 Å². The second-order valence-electron chi connectivity index (χ2n) is 5.43. The van der Waals surface area contributed by atoms with E-state index < -0.39 is 0 Å². The van der Waals surface area contributed by atoms with E-state index in [9.17, 15) is 4.79 Å². The number of benzene rings is 2. The first kappa shape index (κ1) is 16.3. The summed E-state index contributed by atoms with van der Waals surface area (Å²) in [5.41, 5.74) is 3.06.